The minimum absolute atomic E-state index is 0.00382. The summed E-state index contributed by atoms with van der Waals surface area (Å²) in [6.45, 7) is 9.01. The molecule has 6 heteroatoms. The third kappa shape index (κ3) is 4.90. The number of hydrogen-bond acceptors (Lipinski definition) is 4. The van der Waals surface area contributed by atoms with Crippen LogP contribution in [-0.2, 0) is 4.79 Å². The third-order valence-corrected chi connectivity index (χ3v) is 6.17. The van der Waals surface area contributed by atoms with Gasteiger partial charge in [0.05, 0.1) is 17.7 Å². The van der Waals surface area contributed by atoms with E-state index in [-0.39, 0.29) is 5.91 Å². The second-order valence-corrected chi connectivity index (χ2v) is 8.99. The van der Waals surface area contributed by atoms with Crippen molar-refractivity contribution in [1.82, 2.24) is 4.90 Å². The zero-order valence-corrected chi connectivity index (χ0v) is 19.6. The number of thioether (sulfide) groups is 1. The first-order valence-corrected chi connectivity index (χ1v) is 11.3. The molecule has 158 valence electrons. The molecule has 1 amide bonds. The molecule has 0 unspecified atom stereocenters. The first kappa shape index (κ1) is 22.4. The summed E-state index contributed by atoms with van der Waals surface area (Å²) in [5, 5.41) is 1.36. The van der Waals surface area contributed by atoms with E-state index in [2.05, 4.69) is 26.8 Å². The summed E-state index contributed by atoms with van der Waals surface area (Å²) in [4.78, 5) is 20.3. The van der Waals surface area contributed by atoms with Crippen LogP contribution >= 0.6 is 23.4 Å². The van der Waals surface area contributed by atoms with Gasteiger partial charge in [0.25, 0.3) is 5.91 Å². The van der Waals surface area contributed by atoms with Gasteiger partial charge in [0.1, 0.15) is 5.75 Å². The summed E-state index contributed by atoms with van der Waals surface area (Å²) in [6.07, 6.45) is 2.83. The summed E-state index contributed by atoms with van der Waals surface area (Å²) in [7, 11) is 1.69. The highest BCUT2D eigenvalue weighted by atomic mass is 35.5. The van der Waals surface area contributed by atoms with Crippen LogP contribution in [0, 0.1) is 6.92 Å². The molecule has 0 atom stereocenters. The Morgan fingerprint density at radius 1 is 1.23 bits per heavy atom. The van der Waals surface area contributed by atoms with Crippen molar-refractivity contribution in [3.05, 3.63) is 63.0 Å². The van der Waals surface area contributed by atoms with Crippen molar-refractivity contribution in [1.29, 1.82) is 0 Å². The van der Waals surface area contributed by atoms with Gasteiger partial charge in [-0.3, -0.25) is 9.69 Å². The molecule has 0 aliphatic carbocycles. The molecule has 0 N–H and O–H groups in total. The molecule has 0 saturated carbocycles. The van der Waals surface area contributed by atoms with Crippen LogP contribution in [0.5, 0.6) is 5.75 Å². The van der Waals surface area contributed by atoms with Crippen molar-refractivity contribution in [2.75, 3.05) is 13.7 Å². The minimum atomic E-state index is -0.00382. The maximum Gasteiger partial charge on any atom is 0.266 e. The average molecular weight is 443 g/mol. The van der Waals surface area contributed by atoms with Crippen LogP contribution in [0.25, 0.3) is 6.08 Å². The Morgan fingerprint density at radius 2 is 1.93 bits per heavy atom. The summed E-state index contributed by atoms with van der Waals surface area (Å²) < 4.78 is 5.54. The predicted octanol–water partition coefficient (Wildman–Crippen LogP) is 6.79. The van der Waals surface area contributed by atoms with Gasteiger partial charge in [-0.2, -0.15) is 0 Å². The number of carbonyl (C=O) groups excluding carboxylic acids is 1. The summed E-state index contributed by atoms with van der Waals surface area (Å²) >= 11 is 7.40. The van der Waals surface area contributed by atoms with Crippen LogP contribution in [0.2, 0.25) is 5.02 Å². The number of ether oxygens (including phenoxy) is 1. The zero-order chi connectivity index (χ0) is 21.8. The van der Waals surface area contributed by atoms with E-state index in [1.54, 1.807) is 24.1 Å². The van der Waals surface area contributed by atoms with Gasteiger partial charge in [0, 0.05) is 11.6 Å². The predicted molar refractivity (Wildman–Crippen MR) is 128 cm³/mol. The molecule has 1 aliphatic heterocycles. The lowest BCUT2D eigenvalue weighted by atomic mass is 9.96. The fraction of sp³-hybridized carbons (Fsp3) is 0.333. The van der Waals surface area contributed by atoms with Gasteiger partial charge in [0.2, 0.25) is 0 Å². The number of halogens is 1. The molecule has 4 nitrogen and oxygen atoms in total. The van der Waals surface area contributed by atoms with Crippen molar-refractivity contribution in [3.8, 4) is 5.75 Å². The van der Waals surface area contributed by atoms with Crippen LogP contribution in [0.15, 0.2) is 46.3 Å². The SMILES string of the molecule is CCCN1C(=O)/C(=C/c2cc(C(C)C)c(OC)cc2C)SC1=Nc1ccc(Cl)cc1. The summed E-state index contributed by atoms with van der Waals surface area (Å²) in [5.74, 6) is 1.20. The van der Waals surface area contributed by atoms with Gasteiger partial charge in [-0.15, -0.1) is 0 Å². The third-order valence-electron chi connectivity index (χ3n) is 4.91. The normalized spacial score (nSPS) is 16.9. The number of amides is 1. The molecule has 30 heavy (non-hydrogen) atoms. The number of aryl methyl sites for hydroxylation is 1. The fourth-order valence-electron chi connectivity index (χ4n) is 3.28. The fourth-order valence-corrected chi connectivity index (χ4v) is 4.42. The van der Waals surface area contributed by atoms with E-state index in [4.69, 9.17) is 21.3 Å². The number of benzene rings is 2. The van der Waals surface area contributed by atoms with E-state index >= 15 is 0 Å². The highest BCUT2D eigenvalue weighted by molar-refractivity contribution is 8.18. The van der Waals surface area contributed by atoms with Crippen molar-refractivity contribution >= 4 is 46.2 Å². The molecule has 2 aromatic rings. The Morgan fingerprint density at radius 3 is 2.53 bits per heavy atom. The number of amidine groups is 1. The van der Waals surface area contributed by atoms with E-state index in [9.17, 15) is 4.79 Å². The molecular weight excluding hydrogens is 416 g/mol. The number of hydrogen-bond donors (Lipinski definition) is 0. The van der Waals surface area contributed by atoms with Gasteiger partial charge >= 0.3 is 0 Å². The van der Waals surface area contributed by atoms with Crippen molar-refractivity contribution < 1.29 is 9.53 Å². The zero-order valence-electron chi connectivity index (χ0n) is 18.0. The molecule has 0 aromatic heterocycles. The van der Waals surface area contributed by atoms with Gasteiger partial charge in [0.15, 0.2) is 5.17 Å². The Labute approximate surface area is 188 Å². The molecule has 3 rings (SSSR count). The lowest BCUT2D eigenvalue weighted by Gasteiger charge is -2.15. The first-order valence-electron chi connectivity index (χ1n) is 10.1. The number of methoxy groups -OCH3 is 1. The van der Waals surface area contributed by atoms with Crippen molar-refractivity contribution in [2.24, 2.45) is 4.99 Å². The van der Waals surface area contributed by atoms with E-state index in [0.29, 0.717) is 27.6 Å². The number of carbonyl (C=O) groups is 1. The molecule has 2 aromatic carbocycles. The number of aliphatic imine (C=N–C) groups is 1. The molecule has 0 bridgehead atoms. The Bertz CT molecular complexity index is 997. The molecule has 1 fully saturated rings. The minimum Gasteiger partial charge on any atom is -0.496 e. The molecule has 1 aliphatic rings. The quantitative estimate of drug-likeness (QED) is 0.462. The Hall–Kier alpha value is -2.24. The van der Waals surface area contributed by atoms with Crippen LogP contribution < -0.4 is 4.74 Å². The largest absolute Gasteiger partial charge is 0.496 e. The highest BCUT2D eigenvalue weighted by Crippen LogP contribution is 2.36. The van der Waals surface area contributed by atoms with Crippen molar-refractivity contribution in [3.63, 3.8) is 0 Å². The van der Waals surface area contributed by atoms with E-state index in [1.165, 1.54) is 11.8 Å². The van der Waals surface area contributed by atoms with E-state index < -0.39 is 0 Å². The van der Waals surface area contributed by atoms with Crippen LogP contribution in [0.4, 0.5) is 5.69 Å². The molecular formula is C24H27ClN2O2S. The topological polar surface area (TPSA) is 41.9 Å². The molecule has 0 radical (unpaired) electrons. The first-order chi connectivity index (χ1) is 14.3. The van der Waals surface area contributed by atoms with Crippen LogP contribution in [0.3, 0.4) is 0 Å². The van der Waals surface area contributed by atoms with Gasteiger partial charge < -0.3 is 4.74 Å². The second-order valence-electron chi connectivity index (χ2n) is 7.54. The average Bonchev–Trinajstić information content (AvgIpc) is 3.00. The van der Waals surface area contributed by atoms with Crippen LogP contribution in [-0.4, -0.2) is 29.6 Å². The number of rotatable bonds is 6. The van der Waals surface area contributed by atoms with Gasteiger partial charge in [-0.05, 0) is 90.2 Å². The van der Waals surface area contributed by atoms with E-state index in [1.807, 2.05) is 31.2 Å². The van der Waals surface area contributed by atoms with Gasteiger partial charge in [-0.25, -0.2) is 4.99 Å². The highest BCUT2D eigenvalue weighted by Gasteiger charge is 2.33. The van der Waals surface area contributed by atoms with Gasteiger partial charge in [-0.1, -0.05) is 32.4 Å². The van der Waals surface area contributed by atoms with Crippen LogP contribution in [0.1, 0.15) is 49.8 Å². The maximum atomic E-state index is 13.1. The van der Waals surface area contributed by atoms with Crippen molar-refractivity contribution in [2.45, 2.75) is 40.0 Å². The lowest BCUT2D eigenvalue weighted by molar-refractivity contribution is -0.122. The Kier molecular flexibility index (Phi) is 7.27. The number of nitrogens with zero attached hydrogens (tertiary/aromatic N) is 2. The monoisotopic (exact) mass is 442 g/mol. The lowest BCUT2D eigenvalue weighted by Crippen LogP contribution is -2.29. The molecule has 0 spiro atoms. The maximum absolute atomic E-state index is 13.1. The molecule has 1 saturated heterocycles. The Balaban J connectivity index is 2.00. The van der Waals surface area contributed by atoms with E-state index in [0.717, 1.165) is 34.5 Å². The standard InChI is InChI=1S/C24H27ClN2O2S/c1-6-11-27-23(28)22(30-24(27)26-19-9-7-18(25)8-10-19)14-17-13-20(15(2)3)21(29-5)12-16(17)4/h7-10,12-15H,6,11H2,1-5H3/b22-14-,26-24?. The second kappa shape index (κ2) is 9.71. The summed E-state index contributed by atoms with van der Waals surface area (Å²) in [5.41, 5.74) is 4.01. The summed E-state index contributed by atoms with van der Waals surface area (Å²) in [6, 6.07) is 11.5. The smallest absolute Gasteiger partial charge is 0.266 e. The molecule has 1 heterocycles.